The number of rotatable bonds is 30. The second-order valence-corrected chi connectivity index (χ2v) is 20.8. The van der Waals surface area contributed by atoms with Gasteiger partial charge in [-0.1, -0.05) is 96.8 Å². The van der Waals surface area contributed by atoms with E-state index < -0.39 is 54.2 Å². The molecule has 2 aliphatic rings. The molecule has 4 rings (SSSR count). The minimum absolute atomic E-state index is 0.0203. The maximum Gasteiger partial charge on any atom is 0.326 e. The number of aliphatic carboxylic acids is 1. The third kappa shape index (κ3) is 16.6. The SMILES string of the molecule is CC[C@H](C)C([C@@H](CC(=O)N1CCC[C@H]1[C@H](OC)[C@@H](C)C(=O)N[C@@H](Cc1ccccc1)C(=O)O)OC)N(C)C(=O)CNC(=O)C(C(C)C)N(C)CCc1ccc(N(C)C(=O)CCCCCN2C(=O)CC(C)C2=O)cc1. The molecule has 18 nitrogen and oxygen atoms in total. The van der Waals surface area contributed by atoms with Gasteiger partial charge in [-0.3, -0.25) is 43.4 Å². The molecular weight excluding hydrogens is 947 g/mol. The highest BCUT2D eigenvalue weighted by molar-refractivity contribution is 6.03. The number of methoxy groups -OCH3 is 2. The van der Waals surface area contributed by atoms with E-state index in [0.29, 0.717) is 64.6 Å². The zero-order chi connectivity index (χ0) is 54.8. The zero-order valence-electron chi connectivity index (χ0n) is 45.8. The maximum atomic E-state index is 14.3. The van der Waals surface area contributed by atoms with Crippen molar-refractivity contribution < 1.29 is 52.9 Å². The number of carbonyl (C=O) groups excluding carboxylic acids is 7. The first kappa shape index (κ1) is 60.8. The summed E-state index contributed by atoms with van der Waals surface area (Å²) in [6.45, 7) is 12.5. The Balaban J connectivity index is 1.29. The molecule has 0 radical (unpaired) electrons. The van der Waals surface area contributed by atoms with Gasteiger partial charge in [-0.05, 0) is 74.2 Å². The molecule has 9 atom stereocenters. The number of ether oxygens (including phenoxy) is 2. The summed E-state index contributed by atoms with van der Waals surface area (Å²) in [4.78, 5) is 113. The molecule has 0 saturated carbocycles. The van der Waals surface area contributed by atoms with E-state index >= 15 is 0 Å². The van der Waals surface area contributed by atoms with Crippen LogP contribution in [0.25, 0.3) is 0 Å². The number of likely N-dealkylation sites (N-methyl/N-ethyl adjacent to an activating group) is 2. The normalized spacial score (nSPS) is 18.7. The molecule has 0 spiro atoms. The molecule has 3 unspecified atom stereocenters. The Labute approximate surface area is 439 Å². The Morgan fingerprint density at radius 2 is 1.53 bits per heavy atom. The summed E-state index contributed by atoms with van der Waals surface area (Å²) in [5.41, 5.74) is 2.57. The Hall–Kier alpha value is -5.72. The summed E-state index contributed by atoms with van der Waals surface area (Å²) < 4.78 is 11.9. The Bertz CT molecular complexity index is 2190. The van der Waals surface area contributed by atoms with Gasteiger partial charge in [-0.25, -0.2) is 4.79 Å². The van der Waals surface area contributed by atoms with Crippen molar-refractivity contribution in [2.75, 3.05) is 66.4 Å². The number of hydrogen-bond donors (Lipinski definition) is 3. The topological polar surface area (TPSA) is 216 Å². The van der Waals surface area contributed by atoms with E-state index in [9.17, 15) is 43.5 Å². The van der Waals surface area contributed by atoms with Crippen LogP contribution in [0.4, 0.5) is 5.69 Å². The fraction of sp³-hybridized carbons (Fsp3) is 0.643. The van der Waals surface area contributed by atoms with Gasteiger partial charge >= 0.3 is 5.97 Å². The molecule has 2 aromatic rings. The molecule has 3 N–H and O–H groups in total. The highest BCUT2D eigenvalue weighted by atomic mass is 16.5. The van der Waals surface area contributed by atoms with Crippen molar-refractivity contribution in [3.8, 4) is 0 Å². The number of hydrogen-bond acceptors (Lipinski definition) is 11. The van der Waals surface area contributed by atoms with Gasteiger partial charge in [0.2, 0.25) is 41.4 Å². The molecule has 7 amide bonds. The van der Waals surface area contributed by atoms with Crippen molar-refractivity contribution in [1.82, 2.24) is 30.2 Å². The van der Waals surface area contributed by atoms with Gasteiger partial charge in [0.25, 0.3) is 0 Å². The van der Waals surface area contributed by atoms with E-state index in [1.165, 1.54) is 19.1 Å². The number of carboxylic acid groups (broad SMARTS) is 1. The van der Waals surface area contributed by atoms with Gasteiger partial charge in [0.1, 0.15) is 6.04 Å². The molecule has 2 heterocycles. The van der Waals surface area contributed by atoms with Crippen LogP contribution in [0.5, 0.6) is 0 Å². The number of carbonyl (C=O) groups is 8. The van der Waals surface area contributed by atoms with Crippen LogP contribution in [0.1, 0.15) is 110 Å². The fourth-order valence-electron chi connectivity index (χ4n) is 10.5. The lowest BCUT2D eigenvalue weighted by atomic mass is 9.90. The van der Waals surface area contributed by atoms with Crippen LogP contribution in [0, 0.1) is 23.7 Å². The zero-order valence-corrected chi connectivity index (χ0v) is 45.8. The number of amides is 7. The summed E-state index contributed by atoms with van der Waals surface area (Å²) in [7, 11) is 8.30. The standard InChI is InChI=1S/C56H85N7O11/c1-12-37(4)51(45(73-10)34-48(66)62-30-19-22-44(62)52(74-11)39(6)53(68)58-43(56(71)72)33-41-20-15-13-16-21-41)61(9)49(67)35-57-54(69)50(36(2)3)59(7)31-28-40-24-26-42(27-25-40)60(8)46(64)23-17-14-18-29-63-47(65)32-38(5)55(63)70/h13,15-16,20-21,24-27,36-39,43-45,50-52H,12,14,17-19,22-23,28-35H2,1-11H3,(H,57,69)(H,58,68)(H,71,72)/t37-,38?,39+,43-,44-,45+,50?,51?,52+/m0/s1. The van der Waals surface area contributed by atoms with Gasteiger partial charge in [-0.2, -0.15) is 0 Å². The summed E-state index contributed by atoms with van der Waals surface area (Å²) >= 11 is 0. The Kier molecular flexibility index (Phi) is 24.2. The lowest BCUT2D eigenvalue weighted by Crippen LogP contribution is -2.55. The Morgan fingerprint density at radius 1 is 0.851 bits per heavy atom. The number of nitrogens with one attached hydrogen (secondary N) is 2. The highest BCUT2D eigenvalue weighted by Gasteiger charge is 2.43. The highest BCUT2D eigenvalue weighted by Crippen LogP contribution is 2.30. The van der Waals surface area contributed by atoms with Gasteiger partial charge < -0.3 is 39.9 Å². The molecule has 2 saturated heterocycles. The van der Waals surface area contributed by atoms with Crippen molar-refractivity contribution in [3.05, 3.63) is 65.7 Å². The number of nitrogens with zero attached hydrogens (tertiary/aromatic N) is 5. The van der Waals surface area contributed by atoms with Gasteiger partial charge in [0.05, 0.1) is 49.2 Å². The average molecular weight is 1030 g/mol. The molecule has 0 aliphatic carbocycles. The molecule has 410 valence electrons. The molecule has 18 heteroatoms. The van der Waals surface area contributed by atoms with E-state index in [1.54, 1.807) is 54.8 Å². The van der Waals surface area contributed by atoms with Crippen LogP contribution >= 0.6 is 0 Å². The predicted octanol–water partition coefficient (Wildman–Crippen LogP) is 4.95. The molecule has 74 heavy (non-hydrogen) atoms. The van der Waals surface area contributed by atoms with Crippen LogP contribution < -0.4 is 15.5 Å². The lowest BCUT2D eigenvalue weighted by molar-refractivity contribution is -0.147. The minimum Gasteiger partial charge on any atom is -0.480 e. The monoisotopic (exact) mass is 1030 g/mol. The van der Waals surface area contributed by atoms with E-state index in [0.717, 1.165) is 23.2 Å². The first-order valence-corrected chi connectivity index (χ1v) is 26.5. The number of likely N-dealkylation sites (tertiary alicyclic amines) is 2. The van der Waals surface area contributed by atoms with Crippen molar-refractivity contribution in [2.24, 2.45) is 23.7 Å². The third-order valence-corrected chi connectivity index (χ3v) is 15.2. The summed E-state index contributed by atoms with van der Waals surface area (Å²) in [6.07, 6.45) is 3.92. The second kappa shape index (κ2) is 29.4. The van der Waals surface area contributed by atoms with Crippen LogP contribution in [0.2, 0.25) is 0 Å². The van der Waals surface area contributed by atoms with Crippen LogP contribution in [-0.2, 0) is 60.7 Å². The van der Waals surface area contributed by atoms with Crippen LogP contribution in [-0.4, -0.2) is 170 Å². The smallest absolute Gasteiger partial charge is 0.326 e. The summed E-state index contributed by atoms with van der Waals surface area (Å²) in [5.74, 6) is -3.93. The maximum absolute atomic E-state index is 14.3. The Morgan fingerprint density at radius 3 is 2.11 bits per heavy atom. The van der Waals surface area contributed by atoms with Crippen molar-refractivity contribution in [3.63, 3.8) is 0 Å². The average Bonchev–Trinajstić information content (AvgIpc) is 3.96. The van der Waals surface area contributed by atoms with Crippen LogP contribution in [0.3, 0.4) is 0 Å². The van der Waals surface area contributed by atoms with E-state index in [1.807, 2.05) is 82.1 Å². The van der Waals surface area contributed by atoms with Crippen molar-refractivity contribution in [1.29, 1.82) is 0 Å². The minimum atomic E-state index is -1.15. The number of unbranched alkanes of at least 4 members (excludes halogenated alkanes) is 2. The van der Waals surface area contributed by atoms with Crippen molar-refractivity contribution >= 4 is 53.0 Å². The number of imide groups is 1. The van der Waals surface area contributed by atoms with E-state index in [4.69, 9.17) is 9.47 Å². The first-order valence-electron chi connectivity index (χ1n) is 26.5. The van der Waals surface area contributed by atoms with Gasteiger partial charge in [-0.15, -0.1) is 0 Å². The third-order valence-electron chi connectivity index (χ3n) is 15.2. The van der Waals surface area contributed by atoms with Crippen LogP contribution in [0.15, 0.2) is 54.6 Å². The van der Waals surface area contributed by atoms with E-state index in [-0.39, 0.29) is 79.0 Å². The summed E-state index contributed by atoms with van der Waals surface area (Å²) in [6, 6.07) is 14.2. The van der Waals surface area contributed by atoms with Gasteiger partial charge in [0, 0.05) is 78.8 Å². The quantitative estimate of drug-likeness (QED) is 0.0700. The number of benzene rings is 2. The molecular formula is C56H85N7O11. The lowest BCUT2D eigenvalue weighted by Gasteiger charge is -2.39. The molecule has 2 aliphatic heterocycles. The molecule has 2 aromatic carbocycles. The van der Waals surface area contributed by atoms with E-state index in [2.05, 4.69) is 10.6 Å². The summed E-state index contributed by atoms with van der Waals surface area (Å²) in [5, 5.41) is 15.5. The largest absolute Gasteiger partial charge is 0.480 e. The predicted molar refractivity (Wildman–Crippen MR) is 283 cm³/mol. The molecule has 0 bridgehead atoms. The first-order chi connectivity index (χ1) is 35.1. The molecule has 0 aromatic heterocycles. The number of carboxylic acids is 1. The molecule has 2 fully saturated rings. The fourth-order valence-corrected chi connectivity index (χ4v) is 10.5. The van der Waals surface area contributed by atoms with Crippen molar-refractivity contribution in [2.45, 2.75) is 149 Å². The van der Waals surface area contributed by atoms with Gasteiger partial charge in [0.15, 0.2) is 0 Å². The second-order valence-electron chi connectivity index (χ2n) is 20.8. The number of anilines is 1.